The van der Waals surface area contributed by atoms with Crippen molar-refractivity contribution < 1.29 is 14.3 Å². The molecule has 0 bridgehead atoms. The van der Waals surface area contributed by atoms with E-state index in [0.29, 0.717) is 13.2 Å². The topological polar surface area (TPSA) is 47.6 Å². The molecule has 1 heterocycles. The molecule has 4 heteroatoms. The highest BCUT2D eigenvalue weighted by Crippen LogP contribution is 2.10. The van der Waals surface area contributed by atoms with E-state index in [0.717, 1.165) is 0 Å². The minimum Gasteiger partial charge on any atom is -0.459 e. The molecular weight excluding hydrogens is 182 g/mol. The predicted molar refractivity (Wildman–Crippen MR) is 53.0 cm³/mol. The number of rotatable bonds is 1. The first-order chi connectivity index (χ1) is 6.38. The molecule has 82 valence electrons. The number of esters is 1. The first-order valence-corrected chi connectivity index (χ1v) is 4.96. The molecule has 0 radical (unpaired) electrons. The summed E-state index contributed by atoms with van der Waals surface area (Å²) in [6.07, 6.45) is 0.175. The Morgan fingerprint density at radius 1 is 1.50 bits per heavy atom. The number of carbonyl (C=O) groups excluding carboxylic acids is 1. The summed E-state index contributed by atoms with van der Waals surface area (Å²) in [6.45, 7) is 8.64. The Kier molecular flexibility index (Phi) is 3.50. The van der Waals surface area contributed by atoms with Gasteiger partial charge in [-0.15, -0.1) is 0 Å². The molecule has 0 aromatic rings. The average molecular weight is 201 g/mol. The SMILES string of the molecule is C[C@H]1CN[C@@H](C(=O)OC(C)(C)C)CO1. The number of hydrogen-bond acceptors (Lipinski definition) is 4. The molecule has 0 saturated carbocycles. The van der Waals surface area contributed by atoms with Crippen molar-refractivity contribution in [1.82, 2.24) is 5.32 Å². The third kappa shape index (κ3) is 3.64. The van der Waals surface area contributed by atoms with Gasteiger partial charge >= 0.3 is 5.97 Å². The number of carbonyl (C=O) groups is 1. The molecular formula is C10H19NO3. The van der Waals surface area contributed by atoms with Gasteiger partial charge in [-0.05, 0) is 27.7 Å². The molecule has 2 atom stereocenters. The molecule has 1 N–H and O–H groups in total. The van der Waals surface area contributed by atoms with Crippen LogP contribution in [0.25, 0.3) is 0 Å². The lowest BCUT2D eigenvalue weighted by Crippen LogP contribution is -2.51. The van der Waals surface area contributed by atoms with Gasteiger partial charge < -0.3 is 9.47 Å². The van der Waals surface area contributed by atoms with Crippen molar-refractivity contribution in [3.63, 3.8) is 0 Å². The highest BCUT2D eigenvalue weighted by Gasteiger charge is 2.28. The molecule has 4 nitrogen and oxygen atoms in total. The van der Waals surface area contributed by atoms with Crippen LogP contribution in [0.3, 0.4) is 0 Å². The molecule has 0 spiro atoms. The molecule has 14 heavy (non-hydrogen) atoms. The van der Waals surface area contributed by atoms with Crippen LogP contribution in [0.4, 0.5) is 0 Å². The standard InChI is InChI=1S/C10H19NO3/c1-7-5-11-8(6-13-7)9(12)14-10(2,3)4/h7-8,11H,5-6H2,1-4H3/t7-,8+/m0/s1. The number of hydrogen-bond donors (Lipinski definition) is 1. The van der Waals surface area contributed by atoms with E-state index in [2.05, 4.69) is 5.32 Å². The zero-order valence-electron chi connectivity index (χ0n) is 9.29. The van der Waals surface area contributed by atoms with Crippen LogP contribution < -0.4 is 5.32 Å². The molecule has 1 saturated heterocycles. The van der Waals surface area contributed by atoms with Gasteiger partial charge in [0.1, 0.15) is 11.6 Å². The van der Waals surface area contributed by atoms with Crippen molar-refractivity contribution in [2.75, 3.05) is 13.2 Å². The highest BCUT2D eigenvalue weighted by molar-refractivity contribution is 5.76. The van der Waals surface area contributed by atoms with Gasteiger partial charge in [0, 0.05) is 6.54 Å². The second kappa shape index (κ2) is 4.28. The summed E-state index contributed by atoms with van der Waals surface area (Å²) in [5.41, 5.74) is -0.429. The molecule has 0 amide bonds. The summed E-state index contributed by atoms with van der Waals surface area (Å²) in [5.74, 6) is -0.232. The quantitative estimate of drug-likeness (QED) is 0.635. The van der Waals surface area contributed by atoms with Gasteiger partial charge in [-0.3, -0.25) is 10.1 Å². The van der Waals surface area contributed by atoms with Crippen LogP contribution in [0.15, 0.2) is 0 Å². The Balaban J connectivity index is 2.38. The summed E-state index contributed by atoms with van der Waals surface area (Å²) in [6, 6.07) is -0.314. The Morgan fingerprint density at radius 3 is 2.57 bits per heavy atom. The molecule has 1 aliphatic heterocycles. The maximum Gasteiger partial charge on any atom is 0.326 e. The fraction of sp³-hybridized carbons (Fsp3) is 0.900. The normalized spacial score (nSPS) is 28.6. The van der Waals surface area contributed by atoms with Crippen LogP contribution in [-0.2, 0) is 14.3 Å². The van der Waals surface area contributed by atoms with Crippen LogP contribution in [-0.4, -0.2) is 36.9 Å². The van der Waals surface area contributed by atoms with Gasteiger partial charge in [0.25, 0.3) is 0 Å². The molecule has 0 unspecified atom stereocenters. The summed E-state index contributed by atoms with van der Waals surface area (Å²) >= 11 is 0. The lowest BCUT2D eigenvalue weighted by Gasteiger charge is -2.29. The molecule has 0 aromatic carbocycles. The number of ether oxygens (including phenoxy) is 2. The van der Waals surface area contributed by atoms with E-state index >= 15 is 0 Å². The van der Waals surface area contributed by atoms with Gasteiger partial charge in [-0.25, -0.2) is 0 Å². The third-order valence-electron chi connectivity index (χ3n) is 1.89. The van der Waals surface area contributed by atoms with Crippen LogP contribution in [0.2, 0.25) is 0 Å². The van der Waals surface area contributed by atoms with Crippen LogP contribution >= 0.6 is 0 Å². The van der Waals surface area contributed by atoms with Crippen molar-refractivity contribution in [3.05, 3.63) is 0 Å². The van der Waals surface area contributed by atoms with Gasteiger partial charge in [-0.2, -0.15) is 0 Å². The fourth-order valence-electron chi connectivity index (χ4n) is 1.21. The second-order valence-electron chi connectivity index (χ2n) is 4.64. The van der Waals surface area contributed by atoms with E-state index in [-0.39, 0.29) is 18.1 Å². The van der Waals surface area contributed by atoms with Crippen molar-refractivity contribution >= 4 is 5.97 Å². The Hall–Kier alpha value is -0.610. The van der Waals surface area contributed by atoms with Crippen molar-refractivity contribution in [3.8, 4) is 0 Å². The van der Waals surface area contributed by atoms with Gasteiger partial charge in [0.15, 0.2) is 0 Å². The zero-order valence-corrected chi connectivity index (χ0v) is 9.29. The van der Waals surface area contributed by atoms with Gasteiger partial charge in [-0.1, -0.05) is 0 Å². The minimum absolute atomic E-state index is 0.175. The van der Waals surface area contributed by atoms with Crippen LogP contribution in [0.5, 0.6) is 0 Å². The summed E-state index contributed by atoms with van der Waals surface area (Å²) in [4.78, 5) is 11.6. The van der Waals surface area contributed by atoms with Crippen molar-refractivity contribution in [2.45, 2.75) is 45.4 Å². The van der Waals surface area contributed by atoms with Gasteiger partial charge in [0.2, 0.25) is 0 Å². The van der Waals surface area contributed by atoms with E-state index < -0.39 is 5.60 Å². The maximum atomic E-state index is 11.6. The summed E-state index contributed by atoms with van der Waals surface area (Å²) < 4.78 is 10.6. The summed E-state index contributed by atoms with van der Waals surface area (Å²) in [5, 5.41) is 3.09. The van der Waals surface area contributed by atoms with E-state index in [1.54, 1.807) is 0 Å². The smallest absolute Gasteiger partial charge is 0.326 e. The largest absolute Gasteiger partial charge is 0.459 e. The van der Waals surface area contributed by atoms with Crippen molar-refractivity contribution in [2.24, 2.45) is 0 Å². The number of nitrogens with one attached hydrogen (secondary N) is 1. The van der Waals surface area contributed by atoms with Gasteiger partial charge in [0.05, 0.1) is 12.7 Å². The highest BCUT2D eigenvalue weighted by atomic mass is 16.6. The Labute approximate surface area is 85.0 Å². The first-order valence-electron chi connectivity index (χ1n) is 4.96. The van der Waals surface area contributed by atoms with E-state index in [1.807, 2.05) is 27.7 Å². The zero-order chi connectivity index (χ0) is 10.8. The van der Waals surface area contributed by atoms with Crippen LogP contribution in [0, 0.1) is 0 Å². The predicted octanol–water partition coefficient (Wildman–Crippen LogP) is 0.705. The molecule has 0 aliphatic carbocycles. The van der Waals surface area contributed by atoms with E-state index in [4.69, 9.17) is 9.47 Å². The van der Waals surface area contributed by atoms with E-state index in [9.17, 15) is 4.79 Å². The number of morpholine rings is 1. The lowest BCUT2D eigenvalue weighted by molar-refractivity contribution is -0.161. The molecule has 0 aromatic heterocycles. The Bertz CT molecular complexity index is 202. The summed E-state index contributed by atoms with van der Waals surface area (Å²) in [7, 11) is 0. The Morgan fingerprint density at radius 2 is 2.14 bits per heavy atom. The molecule has 1 rings (SSSR count). The third-order valence-corrected chi connectivity index (χ3v) is 1.89. The maximum absolute atomic E-state index is 11.6. The first kappa shape index (κ1) is 11.5. The fourth-order valence-corrected chi connectivity index (χ4v) is 1.21. The molecule has 1 fully saturated rings. The van der Waals surface area contributed by atoms with E-state index in [1.165, 1.54) is 0 Å². The average Bonchev–Trinajstić information content (AvgIpc) is 2.02. The van der Waals surface area contributed by atoms with Crippen LogP contribution in [0.1, 0.15) is 27.7 Å². The second-order valence-corrected chi connectivity index (χ2v) is 4.64. The van der Waals surface area contributed by atoms with Crippen molar-refractivity contribution in [1.29, 1.82) is 0 Å². The monoisotopic (exact) mass is 201 g/mol. The minimum atomic E-state index is -0.429. The lowest BCUT2D eigenvalue weighted by atomic mass is 10.2. The molecule has 1 aliphatic rings.